The monoisotopic (exact) mass is 275 g/mol. The molecule has 15 heavy (non-hydrogen) atoms. The highest BCUT2D eigenvalue weighted by atomic mass is 79.9. The summed E-state index contributed by atoms with van der Waals surface area (Å²) in [7, 11) is 0. The van der Waals surface area contributed by atoms with Gasteiger partial charge in [-0.05, 0) is 12.1 Å². The third-order valence-corrected chi connectivity index (χ3v) is 2.57. The van der Waals surface area contributed by atoms with Gasteiger partial charge < -0.3 is 0 Å². The number of hydrogen-bond donors (Lipinski definition) is 0. The highest BCUT2D eigenvalue weighted by Crippen LogP contribution is 2.14. The first-order chi connectivity index (χ1) is 7.20. The van der Waals surface area contributed by atoms with Crippen LogP contribution in [0, 0.1) is 0 Å². The van der Waals surface area contributed by atoms with Gasteiger partial charge in [0, 0.05) is 10.7 Å². The van der Waals surface area contributed by atoms with Gasteiger partial charge in [-0.25, -0.2) is 18.4 Å². The van der Waals surface area contributed by atoms with Crippen LogP contribution in [0.4, 0.5) is 8.78 Å². The summed E-state index contributed by atoms with van der Waals surface area (Å²) in [5.41, 5.74) is 1.31. The third kappa shape index (κ3) is 2.14. The summed E-state index contributed by atoms with van der Waals surface area (Å²) in [6.07, 6.45) is -0.870. The molecule has 0 spiro atoms. The van der Waals surface area contributed by atoms with E-state index in [1.165, 1.54) is 4.68 Å². The van der Waals surface area contributed by atoms with Crippen molar-refractivity contribution in [1.82, 2.24) is 14.8 Å². The molecule has 0 aliphatic rings. The third-order valence-electron chi connectivity index (χ3n) is 1.99. The van der Waals surface area contributed by atoms with Crippen LogP contribution in [-0.2, 0) is 11.9 Å². The number of fused-ring (bicyclic) bond motifs is 1. The molecule has 2 rings (SSSR count). The van der Waals surface area contributed by atoms with Crippen LogP contribution in [0.5, 0.6) is 0 Å². The van der Waals surface area contributed by atoms with Gasteiger partial charge >= 0.3 is 0 Å². The van der Waals surface area contributed by atoms with Gasteiger partial charge in [0.1, 0.15) is 6.54 Å². The Balaban J connectivity index is 2.46. The Bertz CT molecular complexity index is 469. The van der Waals surface area contributed by atoms with Crippen LogP contribution >= 0.6 is 15.9 Å². The number of pyridine rings is 1. The average Bonchev–Trinajstić information content (AvgIpc) is 2.60. The molecule has 2 aromatic heterocycles. The molecule has 0 bridgehead atoms. The zero-order chi connectivity index (χ0) is 10.8. The fraction of sp³-hybridized carbons (Fsp3) is 0.333. The number of alkyl halides is 3. The van der Waals surface area contributed by atoms with Crippen LogP contribution in [0.3, 0.4) is 0 Å². The van der Waals surface area contributed by atoms with Gasteiger partial charge in [0.05, 0.1) is 11.9 Å². The summed E-state index contributed by atoms with van der Waals surface area (Å²) in [5.74, 6) is 0. The summed E-state index contributed by atoms with van der Waals surface area (Å²) in [6, 6.07) is 3.67. The lowest BCUT2D eigenvalue weighted by Gasteiger charge is -2.02. The topological polar surface area (TPSA) is 30.7 Å². The molecule has 80 valence electrons. The zero-order valence-electron chi connectivity index (χ0n) is 7.70. The number of halogens is 3. The van der Waals surface area contributed by atoms with Gasteiger partial charge in [0.15, 0.2) is 5.65 Å². The highest BCUT2D eigenvalue weighted by Gasteiger charge is 2.09. The second-order valence-electron chi connectivity index (χ2n) is 3.07. The maximum absolute atomic E-state index is 12.2. The predicted octanol–water partition coefficient (Wildman–Crippen LogP) is 2.59. The second kappa shape index (κ2) is 4.22. The maximum atomic E-state index is 12.2. The van der Waals surface area contributed by atoms with Crippen molar-refractivity contribution in [2.45, 2.75) is 18.3 Å². The van der Waals surface area contributed by atoms with Gasteiger partial charge in [-0.2, -0.15) is 5.10 Å². The minimum atomic E-state index is -2.41. The largest absolute Gasteiger partial charge is 0.258 e. The van der Waals surface area contributed by atoms with Crippen LogP contribution in [0.15, 0.2) is 18.3 Å². The van der Waals surface area contributed by atoms with E-state index < -0.39 is 13.0 Å². The molecule has 0 aliphatic heterocycles. The van der Waals surface area contributed by atoms with Gasteiger partial charge in [-0.3, -0.25) is 0 Å². The molecule has 0 fully saturated rings. The molecule has 2 aromatic rings. The quantitative estimate of drug-likeness (QED) is 0.807. The van der Waals surface area contributed by atoms with Crippen molar-refractivity contribution in [3.63, 3.8) is 0 Å². The normalized spacial score (nSPS) is 11.5. The van der Waals surface area contributed by atoms with E-state index in [0.29, 0.717) is 11.0 Å². The van der Waals surface area contributed by atoms with Crippen molar-refractivity contribution < 1.29 is 8.78 Å². The van der Waals surface area contributed by atoms with Crippen LogP contribution in [0.25, 0.3) is 11.0 Å². The van der Waals surface area contributed by atoms with Crippen molar-refractivity contribution in [2.24, 2.45) is 0 Å². The summed E-state index contributed by atoms with van der Waals surface area (Å²) in [5, 5.41) is 5.25. The molecule has 0 amide bonds. The Morgan fingerprint density at radius 2 is 2.20 bits per heavy atom. The van der Waals surface area contributed by atoms with Crippen molar-refractivity contribution in [3.8, 4) is 0 Å². The van der Waals surface area contributed by atoms with Crippen LogP contribution in [0.1, 0.15) is 5.69 Å². The fourth-order valence-electron chi connectivity index (χ4n) is 1.33. The molecule has 0 unspecified atom stereocenters. The van der Waals surface area contributed by atoms with E-state index in [-0.39, 0.29) is 0 Å². The minimum absolute atomic E-state index is 0.414. The SMILES string of the molecule is FC(F)Cn1ncc2ccc(CBr)nc21. The standard InChI is InChI=1S/C9H8BrF2N3/c10-3-7-2-1-6-4-13-15(5-8(11)12)9(6)14-7/h1-2,4,8H,3,5H2. The molecule has 0 saturated heterocycles. The van der Waals surface area contributed by atoms with E-state index in [1.54, 1.807) is 6.20 Å². The Morgan fingerprint density at radius 1 is 1.40 bits per heavy atom. The molecule has 2 heterocycles. The lowest BCUT2D eigenvalue weighted by atomic mass is 10.3. The van der Waals surface area contributed by atoms with Gasteiger partial charge in [-0.15, -0.1) is 0 Å². The first kappa shape index (κ1) is 10.5. The van der Waals surface area contributed by atoms with E-state index in [2.05, 4.69) is 26.0 Å². The minimum Gasteiger partial charge on any atom is -0.242 e. The molecule has 0 aromatic carbocycles. The van der Waals surface area contributed by atoms with Crippen molar-refractivity contribution >= 4 is 27.0 Å². The Morgan fingerprint density at radius 3 is 2.87 bits per heavy atom. The summed E-state index contributed by atoms with van der Waals surface area (Å²) >= 11 is 3.27. The first-order valence-electron chi connectivity index (χ1n) is 4.36. The number of hydrogen-bond acceptors (Lipinski definition) is 2. The molecule has 6 heteroatoms. The van der Waals surface area contributed by atoms with E-state index in [0.717, 1.165) is 11.1 Å². The van der Waals surface area contributed by atoms with E-state index in [4.69, 9.17) is 0 Å². The van der Waals surface area contributed by atoms with Crippen LogP contribution < -0.4 is 0 Å². The zero-order valence-corrected chi connectivity index (χ0v) is 9.29. The van der Waals surface area contributed by atoms with Crippen LogP contribution in [-0.4, -0.2) is 21.2 Å². The smallest absolute Gasteiger partial charge is 0.242 e. The van der Waals surface area contributed by atoms with E-state index >= 15 is 0 Å². The molecule has 0 atom stereocenters. The molecule has 3 nitrogen and oxygen atoms in total. The number of nitrogens with zero attached hydrogens (tertiary/aromatic N) is 3. The lowest BCUT2D eigenvalue weighted by molar-refractivity contribution is 0.123. The van der Waals surface area contributed by atoms with Crippen molar-refractivity contribution in [1.29, 1.82) is 0 Å². The predicted molar refractivity (Wildman–Crippen MR) is 56.2 cm³/mol. The Kier molecular flexibility index (Phi) is 2.95. The molecule has 0 saturated carbocycles. The van der Waals surface area contributed by atoms with E-state index in [1.807, 2.05) is 12.1 Å². The second-order valence-corrected chi connectivity index (χ2v) is 3.63. The summed E-state index contributed by atoms with van der Waals surface area (Å²) in [4.78, 5) is 4.23. The van der Waals surface area contributed by atoms with E-state index in [9.17, 15) is 8.78 Å². The molecule has 0 N–H and O–H groups in total. The maximum Gasteiger partial charge on any atom is 0.258 e. The molecular weight excluding hydrogens is 268 g/mol. The average molecular weight is 276 g/mol. The van der Waals surface area contributed by atoms with Gasteiger partial charge in [-0.1, -0.05) is 15.9 Å². The summed E-state index contributed by atoms with van der Waals surface area (Å²) in [6.45, 7) is -0.414. The fourth-order valence-corrected chi connectivity index (χ4v) is 1.64. The van der Waals surface area contributed by atoms with Crippen molar-refractivity contribution in [3.05, 3.63) is 24.0 Å². The molecular formula is C9H8BrF2N3. The van der Waals surface area contributed by atoms with Gasteiger partial charge in [0.25, 0.3) is 6.43 Å². The lowest BCUT2D eigenvalue weighted by Crippen LogP contribution is -2.08. The summed E-state index contributed by atoms with van der Waals surface area (Å²) < 4.78 is 25.6. The van der Waals surface area contributed by atoms with Gasteiger partial charge in [0.2, 0.25) is 0 Å². The first-order valence-corrected chi connectivity index (χ1v) is 5.48. The number of rotatable bonds is 3. The Hall–Kier alpha value is -1.04. The molecule has 0 radical (unpaired) electrons. The number of aromatic nitrogens is 3. The van der Waals surface area contributed by atoms with Crippen molar-refractivity contribution in [2.75, 3.05) is 0 Å². The van der Waals surface area contributed by atoms with Crippen LogP contribution in [0.2, 0.25) is 0 Å². The highest BCUT2D eigenvalue weighted by molar-refractivity contribution is 9.08. The Labute approximate surface area is 93.2 Å². The molecule has 0 aliphatic carbocycles.